The van der Waals surface area contributed by atoms with Crippen LogP contribution in [0.1, 0.15) is 20.8 Å². The molecule has 0 radical (unpaired) electrons. The fraction of sp³-hybridized carbons (Fsp3) is 0.818. The number of hydrogen-bond donors (Lipinski definition) is 2. The highest BCUT2D eigenvalue weighted by Crippen LogP contribution is 2.22. The van der Waals surface area contributed by atoms with Crippen molar-refractivity contribution in [2.24, 2.45) is 11.8 Å². The Hall–Kier alpha value is -1.14. The van der Waals surface area contributed by atoms with Crippen LogP contribution in [0.15, 0.2) is 0 Å². The molecule has 1 fully saturated rings. The number of rotatable bonds is 3. The van der Waals surface area contributed by atoms with Crippen LogP contribution in [0.5, 0.6) is 0 Å². The third kappa shape index (κ3) is 2.76. The van der Waals surface area contributed by atoms with Crippen molar-refractivity contribution in [2.45, 2.75) is 26.3 Å². The molecular weight excluding hydrogens is 220 g/mol. The second-order valence-corrected chi connectivity index (χ2v) is 5.14. The molecule has 1 heterocycles. The monoisotopic (exact) mass is 242 g/mol. The first-order valence-corrected chi connectivity index (χ1v) is 5.81. The average molecular weight is 242 g/mol. The molecule has 0 aromatic rings. The van der Waals surface area contributed by atoms with Crippen molar-refractivity contribution in [3.8, 4) is 0 Å². The second kappa shape index (κ2) is 5.01. The first kappa shape index (κ1) is 13.9. The Balaban J connectivity index is 2.72. The standard InChI is InChI=1S/C11H22N4O2/c1-8(9(16)13-12)7-15-6-5-14(4)10(17)11(15,2)3/h8H,5-7,12H2,1-4H3,(H,13,16). The van der Waals surface area contributed by atoms with Crippen LogP contribution in [-0.2, 0) is 9.59 Å². The van der Waals surface area contributed by atoms with E-state index in [0.29, 0.717) is 13.1 Å². The Morgan fingerprint density at radius 1 is 1.53 bits per heavy atom. The van der Waals surface area contributed by atoms with E-state index in [1.165, 1.54) is 0 Å². The third-order valence-corrected chi connectivity index (χ3v) is 3.45. The van der Waals surface area contributed by atoms with Gasteiger partial charge in [0.05, 0.1) is 5.54 Å². The highest BCUT2D eigenvalue weighted by atomic mass is 16.2. The third-order valence-electron chi connectivity index (χ3n) is 3.45. The van der Waals surface area contributed by atoms with Crippen molar-refractivity contribution in [1.82, 2.24) is 15.2 Å². The molecule has 1 atom stereocenters. The zero-order valence-corrected chi connectivity index (χ0v) is 11.0. The maximum absolute atomic E-state index is 12.0. The lowest BCUT2D eigenvalue weighted by Crippen LogP contribution is -2.63. The molecule has 1 unspecified atom stereocenters. The molecule has 1 aliphatic rings. The summed E-state index contributed by atoms with van der Waals surface area (Å²) in [5.74, 6) is 4.76. The van der Waals surface area contributed by atoms with Crippen molar-refractivity contribution in [3.05, 3.63) is 0 Å². The summed E-state index contributed by atoms with van der Waals surface area (Å²) in [6.45, 7) is 7.59. The van der Waals surface area contributed by atoms with E-state index in [1.54, 1.807) is 18.9 Å². The largest absolute Gasteiger partial charge is 0.343 e. The summed E-state index contributed by atoms with van der Waals surface area (Å²) < 4.78 is 0. The number of carbonyl (C=O) groups is 2. The van der Waals surface area contributed by atoms with Crippen LogP contribution in [-0.4, -0.2) is 53.8 Å². The van der Waals surface area contributed by atoms with Gasteiger partial charge in [0, 0.05) is 32.6 Å². The zero-order chi connectivity index (χ0) is 13.2. The molecule has 2 amide bonds. The van der Waals surface area contributed by atoms with Crippen molar-refractivity contribution in [2.75, 3.05) is 26.7 Å². The lowest BCUT2D eigenvalue weighted by Gasteiger charge is -2.45. The van der Waals surface area contributed by atoms with Gasteiger partial charge >= 0.3 is 0 Å². The Bertz CT molecular complexity index is 317. The number of piperazine rings is 1. The Morgan fingerprint density at radius 2 is 2.12 bits per heavy atom. The first-order chi connectivity index (χ1) is 7.80. The van der Waals surface area contributed by atoms with E-state index in [0.717, 1.165) is 6.54 Å². The van der Waals surface area contributed by atoms with Gasteiger partial charge in [-0.05, 0) is 13.8 Å². The normalized spacial score (nSPS) is 22.4. The second-order valence-electron chi connectivity index (χ2n) is 5.14. The molecule has 1 rings (SSSR count). The number of hydrazine groups is 1. The van der Waals surface area contributed by atoms with Crippen LogP contribution in [0.25, 0.3) is 0 Å². The predicted molar refractivity (Wildman–Crippen MR) is 64.8 cm³/mol. The molecule has 0 spiro atoms. The van der Waals surface area contributed by atoms with Crippen LogP contribution >= 0.6 is 0 Å². The van der Waals surface area contributed by atoms with Gasteiger partial charge in [-0.3, -0.25) is 19.9 Å². The number of hydrogen-bond acceptors (Lipinski definition) is 4. The van der Waals surface area contributed by atoms with Crippen LogP contribution in [0.3, 0.4) is 0 Å². The molecule has 1 aliphatic heterocycles. The van der Waals surface area contributed by atoms with E-state index < -0.39 is 5.54 Å². The lowest BCUT2D eigenvalue weighted by molar-refractivity contribution is -0.148. The fourth-order valence-corrected chi connectivity index (χ4v) is 2.13. The summed E-state index contributed by atoms with van der Waals surface area (Å²) in [5.41, 5.74) is 1.58. The highest BCUT2D eigenvalue weighted by molar-refractivity contribution is 5.86. The summed E-state index contributed by atoms with van der Waals surface area (Å²) in [4.78, 5) is 27.2. The van der Waals surface area contributed by atoms with Crippen LogP contribution in [0.4, 0.5) is 0 Å². The molecular formula is C11H22N4O2. The van der Waals surface area contributed by atoms with Crippen LogP contribution < -0.4 is 11.3 Å². The maximum Gasteiger partial charge on any atom is 0.242 e. The predicted octanol–water partition coefficient (Wildman–Crippen LogP) is -0.835. The molecule has 0 aromatic carbocycles. The van der Waals surface area contributed by atoms with Crippen molar-refractivity contribution in [3.63, 3.8) is 0 Å². The summed E-state index contributed by atoms with van der Waals surface area (Å²) in [7, 11) is 1.80. The minimum absolute atomic E-state index is 0.0871. The van der Waals surface area contributed by atoms with Crippen molar-refractivity contribution >= 4 is 11.8 Å². The Labute approximate surface area is 102 Å². The van der Waals surface area contributed by atoms with Gasteiger partial charge in [-0.2, -0.15) is 0 Å². The van der Waals surface area contributed by atoms with E-state index in [-0.39, 0.29) is 17.7 Å². The summed E-state index contributed by atoms with van der Waals surface area (Å²) >= 11 is 0. The molecule has 98 valence electrons. The Kier molecular flexibility index (Phi) is 4.11. The van der Waals surface area contributed by atoms with Crippen LogP contribution in [0, 0.1) is 5.92 Å². The lowest BCUT2D eigenvalue weighted by atomic mass is 9.96. The summed E-state index contributed by atoms with van der Waals surface area (Å²) in [6.07, 6.45) is 0. The number of nitrogens with zero attached hydrogens (tertiary/aromatic N) is 2. The molecule has 0 aliphatic carbocycles. The van der Waals surface area contributed by atoms with Gasteiger partial charge in [0.15, 0.2) is 0 Å². The average Bonchev–Trinajstić information content (AvgIpc) is 2.29. The van der Waals surface area contributed by atoms with Crippen molar-refractivity contribution in [1.29, 1.82) is 0 Å². The van der Waals surface area contributed by atoms with Gasteiger partial charge in [-0.1, -0.05) is 6.92 Å². The minimum Gasteiger partial charge on any atom is -0.343 e. The SMILES string of the molecule is CC(CN1CCN(C)C(=O)C1(C)C)C(=O)NN. The van der Waals surface area contributed by atoms with Crippen LogP contribution in [0.2, 0.25) is 0 Å². The summed E-state index contributed by atoms with van der Waals surface area (Å²) in [6, 6.07) is 0. The fourth-order valence-electron chi connectivity index (χ4n) is 2.13. The summed E-state index contributed by atoms with van der Waals surface area (Å²) in [5, 5.41) is 0. The van der Waals surface area contributed by atoms with E-state index in [2.05, 4.69) is 5.43 Å². The quantitative estimate of drug-likeness (QED) is 0.384. The van der Waals surface area contributed by atoms with Crippen molar-refractivity contribution < 1.29 is 9.59 Å². The molecule has 0 aromatic heterocycles. The van der Waals surface area contributed by atoms with Gasteiger partial charge < -0.3 is 4.90 Å². The van der Waals surface area contributed by atoms with E-state index in [4.69, 9.17) is 5.84 Å². The molecule has 0 saturated carbocycles. The van der Waals surface area contributed by atoms with Gasteiger partial charge in [0.2, 0.25) is 11.8 Å². The zero-order valence-electron chi connectivity index (χ0n) is 11.0. The maximum atomic E-state index is 12.0. The van der Waals surface area contributed by atoms with E-state index in [9.17, 15) is 9.59 Å². The molecule has 17 heavy (non-hydrogen) atoms. The number of nitrogens with two attached hydrogens (primary N) is 1. The number of likely N-dealkylation sites (N-methyl/N-ethyl adjacent to an activating group) is 1. The molecule has 1 saturated heterocycles. The number of carbonyl (C=O) groups excluding carboxylic acids is 2. The van der Waals surface area contributed by atoms with Gasteiger partial charge in [-0.25, -0.2) is 5.84 Å². The van der Waals surface area contributed by atoms with Gasteiger partial charge in [0.1, 0.15) is 0 Å². The van der Waals surface area contributed by atoms with Gasteiger partial charge in [0.25, 0.3) is 0 Å². The molecule has 0 bridgehead atoms. The first-order valence-electron chi connectivity index (χ1n) is 5.81. The Morgan fingerprint density at radius 3 is 2.65 bits per heavy atom. The topological polar surface area (TPSA) is 78.7 Å². The molecule has 3 N–H and O–H groups in total. The number of amides is 2. The van der Waals surface area contributed by atoms with Gasteiger partial charge in [-0.15, -0.1) is 0 Å². The smallest absolute Gasteiger partial charge is 0.242 e. The van der Waals surface area contributed by atoms with E-state index >= 15 is 0 Å². The van der Waals surface area contributed by atoms with E-state index in [1.807, 2.05) is 18.7 Å². The molecule has 6 nitrogen and oxygen atoms in total. The highest BCUT2D eigenvalue weighted by Gasteiger charge is 2.41. The molecule has 6 heteroatoms. The minimum atomic E-state index is -0.559. The number of nitrogens with one attached hydrogen (secondary N) is 1.